The van der Waals surface area contributed by atoms with E-state index in [1.807, 2.05) is 0 Å². The molecule has 0 aromatic rings. The maximum atomic E-state index is 2.47. The summed E-state index contributed by atoms with van der Waals surface area (Å²) in [6, 6.07) is 1.32. The van der Waals surface area contributed by atoms with Crippen LogP contribution in [0.5, 0.6) is 0 Å². The third kappa shape index (κ3) is 2.78. The molecule has 1 radical (unpaired) electrons. The molecule has 0 fully saturated rings. The van der Waals surface area contributed by atoms with Crippen molar-refractivity contribution in [2.45, 2.75) is 10.6 Å². The predicted octanol–water partition coefficient (Wildman–Crippen LogP) is 1.31. The predicted molar refractivity (Wildman–Crippen MR) is 66.7 cm³/mol. The van der Waals surface area contributed by atoms with E-state index < -0.39 is 0 Å². The molecule has 0 saturated carbocycles. The summed E-state index contributed by atoms with van der Waals surface area (Å²) >= 11 is 2.47. The van der Waals surface area contributed by atoms with Crippen LogP contribution in [0.15, 0.2) is 0 Å². The molecule has 0 saturated heterocycles. The van der Waals surface area contributed by atoms with Gasteiger partial charge < -0.3 is 0 Å². The van der Waals surface area contributed by atoms with E-state index in [2.05, 4.69) is 86.5 Å². The van der Waals surface area contributed by atoms with E-state index in [1.165, 1.54) is 6.04 Å². The summed E-state index contributed by atoms with van der Waals surface area (Å²) in [6.07, 6.45) is 0. The number of hydrogen-bond acceptors (Lipinski definition) is 3. The van der Waals surface area contributed by atoms with E-state index in [4.69, 9.17) is 0 Å². The van der Waals surface area contributed by atoms with E-state index in [9.17, 15) is 0 Å². The molecule has 0 atom stereocenters. The van der Waals surface area contributed by atoms with Crippen LogP contribution < -0.4 is 0 Å². The largest absolute Gasteiger partial charge is 0.299 e. The Bertz CT molecular complexity index is 149. The molecular weight excluding hydrogens is 277 g/mol. The molecule has 0 aromatic heterocycles. The van der Waals surface area contributed by atoms with Crippen molar-refractivity contribution in [1.82, 2.24) is 14.7 Å². The van der Waals surface area contributed by atoms with Crippen LogP contribution in [0.25, 0.3) is 0 Å². The maximum Gasteiger partial charge on any atom is 0.146 e. The van der Waals surface area contributed by atoms with Crippen molar-refractivity contribution in [2.75, 3.05) is 42.3 Å². The van der Waals surface area contributed by atoms with E-state index >= 15 is 0 Å². The van der Waals surface area contributed by atoms with Crippen LogP contribution in [0.1, 0.15) is 6.92 Å². The second-order valence-electron chi connectivity index (χ2n) is 3.86. The van der Waals surface area contributed by atoms with Crippen LogP contribution >= 0.6 is 22.6 Å². The molecular formula is C9H21IN3. The molecule has 0 unspecified atom stereocenters. The zero-order chi connectivity index (χ0) is 10.8. The van der Waals surface area contributed by atoms with Crippen LogP contribution in [-0.2, 0) is 0 Å². The summed E-state index contributed by atoms with van der Waals surface area (Å²) in [4.78, 5) is 6.58. The summed E-state index contributed by atoms with van der Waals surface area (Å²) in [5, 5.41) is 0. The Morgan fingerprint density at radius 2 is 1.23 bits per heavy atom. The Hall–Kier alpha value is 0.610. The first-order valence-electron chi connectivity index (χ1n) is 4.29. The van der Waals surface area contributed by atoms with Gasteiger partial charge in [0.1, 0.15) is 3.67 Å². The lowest BCUT2D eigenvalue weighted by atomic mass is 10.2. The minimum atomic E-state index is -0.0404. The first-order chi connectivity index (χ1) is 5.74. The van der Waals surface area contributed by atoms with Crippen molar-refractivity contribution in [2.24, 2.45) is 0 Å². The lowest BCUT2D eigenvalue weighted by Gasteiger charge is -2.46. The topological polar surface area (TPSA) is 9.72 Å². The van der Waals surface area contributed by atoms with Crippen LogP contribution in [-0.4, -0.2) is 60.7 Å². The zero-order valence-electron chi connectivity index (χ0n) is 9.72. The molecule has 0 aromatic carbocycles. The van der Waals surface area contributed by atoms with Gasteiger partial charge in [-0.3, -0.25) is 14.7 Å². The van der Waals surface area contributed by atoms with Crippen molar-refractivity contribution in [3.8, 4) is 0 Å². The van der Waals surface area contributed by atoms with E-state index in [0.717, 1.165) is 0 Å². The van der Waals surface area contributed by atoms with Crippen molar-refractivity contribution >= 4 is 22.6 Å². The molecule has 0 aliphatic heterocycles. The number of alkyl halides is 1. The fourth-order valence-corrected chi connectivity index (χ4v) is 1.81. The highest BCUT2D eigenvalue weighted by Gasteiger charge is 2.39. The maximum absolute atomic E-state index is 2.47. The third-order valence-corrected chi connectivity index (χ3v) is 5.03. The van der Waals surface area contributed by atoms with Crippen LogP contribution in [0.2, 0.25) is 0 Å². The highest BCUT2D eigenvalue weighted by Crippen LogP contribution is 2.35. The van der Waals surface area contributed by atoms with E-state index in [0.29, 0.717) is 0 Å². The molecule has 13 heavy (non-hydrogen) atoms. The van der Waals surface area contributed by atoms with E-state index in [1.54, 1.807) is 0 Å². The van der Waals surface area contributed by atoms with Crippen LogP contribution in [0.3, 0.4) is 0 Å². The number of likely N-dealkylation sites (N-methyl/N-ethyl adjacent to an activating group) is 3. The average Bonchev–Trinajstić information content (AvgIpc) is 2.00. The molecule has 0 bridgehead atoms. The summed E-state index contributed by atoms with van der Waals surface area (Å²) in [5.74, 6) is 0. The van der Waals surface area contributed by atoms with Gasteiger partial charge in [0.05, 0.1) is 6.04 Å². The van der Waals surface area contributed by atoms with Crippen molar-refractivity contribution in [3.63, 3.8) is 0 Å². The number of hydrogen-bond donors (Lipinski definition) is 0. The highest BCUT2D eigenvalue weighted by molar-refractivity contribution is 14.1. The molecule has 0 rings (SSSR count). The fraction of sp³-hybridized carbons (Fsp3) is 0.889. The van der Waals surface area contributed by atoms with Gasteiger partial charge in [0, 0.05) is 0 Å². The molecule has 79 valence electrons. The van der Waals surface area contributed by atoms with Crippen LogP contribution in [0.4, 0.5) is 0 Å². The second kappa shape index (κ2) is 4.91. The van der Waals surface area contributed by atoms with Gasteiger partial charge in [-0.2, -0.15) is 0 Å². The minimum absolute atomic E-state index is 0.0404. The third-order valence-electron chi connectivity index (χ3n) is 2.32. The van der Waals surface area contributed by atoms with E-state index in [-0.39, 0.29) is 3.67 Å². The standard InChI is InChI=1S/C9H21IN3/c1-8(11(2)3)9(10,12(4)5)13(6)7/h1-7H3. The lowest BCUT2D eigenvalue weighted by Crippen LogP contribution is -2.56. The highest BCUT2D eigenvalue weighted by atomic mass is 127. The molecule has 0 aliphatic rings. The molecule has 0 amide bonds. The van der Waals surface area contributed by atoms with Crippen LogP contribution in [0, 0.1) is 6.04 Å². The smallest absolute Gasteiger partial charge is 0.146 e. The second-order valence-corrected chi connectivity index (χ2v) is 5.36. The summed E-state index contributed by atoms with van der Waals surface area (Å²) in [6.45, 7) is 2.16. The van der Waals surface area contributed by atoms with Gasteiger partial charge in [-0.05, 0) is 71.8 Å². The van der Waals surface area contributed by atoms with Gasteiger partial charge in [-0.1, -0.05) is 0 Å². The molecule has 0 aliphatic carbocycles. The van der Waals surface area contributed by atoms with Crippen molar-refractivity contribution < 1.29 is 0 Å². The number of rotatable bonds is 4. The van der Waals surface area contributed by atoms with Gasteiger partial charge >= 0.3 is 0 Å². The molecule has 0 spiro atoms. The van der Waals surface area contributed by atoms with Gasteiger partial charge in [0.2, 0.25) is 0 Å². The lowest BCUT2D eigenvalue weighted by molar-refractivity contribution is 0.0888. The Balaban J connectivity index is 4.79. The normalized spacial score (nSPS) is 13.8. The Morgan fingerprint density at radius 3 is 1.31 bits per heavy atom. The van der Waals surface area contributed by atoms with Gasteiger partial charge in [0.15, 0.2) is 0 Å². The molecule has 3 nitrogen and oxygen atoms in total. The van der Waals surface area contributed by atoms with Gasteiger partial charge in [0.25, 0.3) is 0 Å². The molecule has 4 heteroatoms. The first kappa shape index (κ1) is 13.6. The van der Waals surface area contributed by atoms with Crippen molar-refractivity contribution in [1.29, 1.82) is 0 Å². The summed E-state index contributed by atoms with van der Waals surface area (Å²) in [7, 11) is 12.5. The SMILES string of the molecule is C[C](N(C)C)C(I)(N(C)C)N(C)C. The Labute approximate surface area is 96.2 Å². The quantitative estimate of drug-likeness (QED) is 0.335. The summed E-state index contributed by atoms with van der Waals surface area (Å²) < 4.78 is -0.0404. The average molecular weight is 298 g/mol. The number of halogens is 1. The van der Waals surface area contributed by atoms with Gasteiger partial charge in [-0.15, -0.1) is 0 Å². The summed E-state index contributed by atoms with van der Waals surface area (Å²) in [5.41, 5.74) is 0. The zero-order valence-corrected chi connectivity index (χ0v) is 11.9. The molecule has 0 N–H and O–H groups in total. The minimum Gasteiger partial charge on any atom is -0.299 e. The first-order valence-corrected chi connectivity index (χ1v) is 5.37. The number of nitrogens with zero attached hydrogens (tertiary/aromatic N) is 3. The molecule has 0 heterocycles. The monoisotopic (exact) mass is 298 g/mol. The van der Waals surface area contributed by atoms with Gasteiger partial charge in [-0.25, -0.2) is 0 Å². The van der Waals surface area contributed by atoms with Crippen molar-refractivity contribution in [3.05, 3.63) is 6.04 Å². The fourth-order valence-electron chi connectivity index (χ4n) is 1.33. The Kier molecular flexibility index (Phi) is 5.14. The Morgan fingerprint density at radius 1 is 0.923 bits per heavy atom.